The Balaban J connectivity index is 1.43. The van der Waals surface area contributed by atoms with Crippen LogP contribution in [0.3, 0.4) is 0 Å². The Morgan fingerprint density at radius 1 is 1.10 bits per heavy atom. The van der Waals surface area contributed by atoms with Crippen LogP contribution in [0.4, 0.5) is 4.79 Å². The first-order valence-corrected chi connectivity index (χ1v) is 15.9. The van der Waals surface area contributed by atoms with Gasteiger partial charge in [-0.3, -0.25) is 14.6 Å². The highest BCUT2D eigenvalue weighted by Gasteiger charge is 2.61. The standard InChI is InChI=1S/C36H42N4O8/c1-6-24-19-36(24,33(43)44)39-31(41)28-18-25(47-29-16-17-37-27-15-11-10-14-26(27)29)20-40(28)32(42)30(38-34(45)48-35(3,4)5)22(2)46-21-23-12-8-7-9-13-23/h6-17,22,24-25,28,30H,1,18-21H2,2-5H3,(H,38,45)(H,39,41)(H,43,44)/t22?,24-,25+,28-,30-,36?/m0/s1. The van der Waals surface area contributed by atoms with Crippen LogP contribution in [0.25, 0.3) is 10.9 Å². The second-order valence-corrected chi connectivity index (χ2v) is 13.2. The number of nitrogens with zero attached hydrogens (tertiary/aromatic N) is 2. The molecular formula is C36H42N4O8. The molecule has 2 aliphatic rings. The summed E-state index contributed by atoms with van der Waals surface area (Å²) in [6.07, 6.45) is 1.05. The fraction of sp³-hybridized carbons (Fsp3) is 0.417. The fourth-order valence-corrected chi connectivity index (χ4v) is 5.94. The van der Waals surface area contributed by atoms with Gasteiger partial charge in [-0.15, -0.1) is 6.58 Å². The zero-order valence-electron chi connectivity index (χ0n) is 27.5. The smallest absolute Gasteiger partial charge is 0.408 e. The van der Waals surface area contributed by atoms with Crippen LogP contribution in [0.1, 0.15) is 46.1 Å². The Morgan fingerprint density at radius 3 is 2.48 bits per heavy atom. The molecule has 2 aromatic carbocycles. The molecule has 3 N–H and O–H groups in total. The van der Waals surface area contributed by atoms with Crippen LogP contribution in [-0.2, 0) is 30.5 Å². The molecule has 2 unspecified atom stereocenters. The lowest BCUT2D eigenvalue weighted by Gasteiger charge is -2.32. The van der Waals surface area contributed by atoms with E-state index >= 15 is 0 Å². The van der Waals surface area contributed by atoms with Crippen molar-refractivity contribution in [1.82, 2.24) is 20.5 Å². The van der Waals surface area contributed by atoms with Gasteiger partial charge >= 0.3 is 12.1 Å². The van der Waals surface area contributed by atoms with Gasteiger partial charge in [-0.05, 0) is 57.9 Å². The molecule has 2 fully saturated rings. The van der Waals surface area contributed by atoms with Crippen molar-refractivity contribution >= 4 is 34.8 Å². The number of carbonyl (C=O) groups is 4. The molecule has 1 saturated carbocycles. The second kappa shape index (κ2) is 14.0. The zero-order chi connectivity index (χ0) is 34.6. The maximum atomic E-state index is 14.5. The molecule has 3 aromatic rings. The monoisotopic (exact) mass is 658 g/mol. The van der Waals surface area contributed by atoms with Crippen molar-refractivity contribution < 1.29 is 38.5 Å². The maximum Gasteiger partial charge on any atom is 0.408 e. The summed E-state index contributed by atoms with van der Waals surface area (Å²) in [5.74, 6) is -2.35. The fourth-order valence-electron chi connectivity index (χ4n) is 5.94. The predicted octanol–water partition coefficient (Wildman–Crippen LogP) is 4.23. The molecule has 1 saturated heterocycles. The van der Waals surface area contributed by atoms with Gasteiger partial charge in [0.25, 0.3) is 0 Å². The van der Waals surface area contributed by atoms with E-state index in [1.807, 2.05) is 54.6 Å². The third-order valence-corrected chi connectivity index (χ3v) is 8.54. The number of hydrogen-bond donors (Lipinski definition) is 3. The summed E-state index contributed by atoms with van der Waals surface area (Å²) in [7, 11) is 0. The van der Waals surface area contributed by atoms with Crippen LogP contribution in [0, 0.1) is 5.92 Å². The van der Waals surface area contributed by atoms with Gasteiger partial charge in [-0.25, -0.2) is 9.59 Å². The third kappa shape index (κ3) is 7.76. The lowest BCUT2D eigenvalue weighted by Crippen LogP contribution is -2.59. The minimum atomic E-state index is -1.51. The number of para-hydroxylation sites is 1. The Kier molecular flexibility index (Phi) is 10.0. The molecule has 6 atom stereocenters. The number of carbonyl (C=O) groups excluding carboxylic acids is 3. The molecule has 1 aromatic heterocycles. The molecule has 0 radical (unpaired) electrons. The number of likely N-dealkylation sites (tertiary alicyclic amines) is 1. The zero-order valence-corrected chi connectivity index (χ0v) is 27.5. The predicted molar refractivity (Wildman–Crippen MR) is 177 cm³/mol. The van der Waals surface area contributed by atoms with Gasteiger partial charge in [0, 0.05) is 23.9 Å². The average molecular weight is 659 g/mol. The number of aromatic nitrogens is 1. The summed E-state index contributed by atoms with van der Waals surface area (Å²) in [6, 6.07) is 16.2. The molecule has 3 amide bonds. The van der Waals surface area contributed by atoms with Crippen molar-refractivity contribution in [2.75, 3.05) is 6.54 Å². The summed E-state index contributed by atoms with van der Waals surface area (Å²) in [5, 5.41) is 16.1. The molecule has 1 aliphatic heterocycles. The quantitative estimate of drug-likeness (QED) is 0.243. The molecule has 254 valence electrons. The number of rotatable bonds is 12. The highest BCUT2D eigenvalue weighted by molar-refractivity contribution is 5.96. The topological polar surface area (TPSA) is 156 Å². The van der Waals surface area contributed by atoms with Gasteiger partial charge in [-0.2, -0.15) is 0 Å². The van der Waals surface area contributed by atoms with Crippen molar-refractivity contribution in [2.24, 2.45) is 5.92 Å². The number of aliphatic carboxylic acids is 1. The van der Waals surface area contributed by atoms with Crippen LogP contribution in [0.2, 0.25) is 0 Å². The number of nitrogens with one attached hydrogen (secondary N) is 2. The van der Waals surface area contributed by atoms with E-state index in [1.54, 1.807) is 40.0 Å². The number of fused-ring (bicyclic) bond motifs is 1. The Bertz CT molecular complexity index is 1670. The van der Waals surface area contributed by atoms with Gasteiger partial charge < -0.3 is 34.9 Å². The first kappa shape index (κ1) is 34.4. The number of benzene rings is 2. The molecule has 0 spiro atoms. The van der Waals surface area contributed by atoms with Crippen LogP contribution in [-0.4, -0.2) is 80.8 Å². The number of alkyl carbamates (subject to hydrolysis) is 1. The van der Waals surface area contributed by atoms with E-state index in [0.717, 1.165) is 10.9 Å². The summed E-state index contributed by atoms with van der Waals surface area (Å²) in [6.45, 7) is 10.6. The largest absolute Gasteiger partial charge is 0.488 e. The van der Waals surface area contributed by atoms with Gasteiger partial charge in [0.1, 0.15) is 35.1 Å². The average Bonchev–Trinajstić information content (AvgIpc) is 3.61. The van der Waals surface area contributed by atoms with E-state index in [1.165, 1.54) is 11.0 Å². The van der Waals surface area contributed by atoms with Gasteiger partial charge in [0.2, 0.25) is 11.8 Å². The molecule has 48 heavy (non-hydrogen) atoms. The number of carboxylic acid groups (broad SMARTS) is 1. The summed E-state index contributed by atoms with van der Waals surface area (Å²) >= 11 is 0. The van der Waals surface area contributed by atoms with E-state index < -0.39 is 65.2 Å². The van der Waals surface area contributed by atoms with E-state index in [2.05, 4.69) is 22.2 Å². The van der Waals surface area contributed by atoms with E-state index in [9.17, 15) is 24.3 Å². The minimum Gasteiger partial charge on any atom is -0.488 e. The summed E-state index contributed by atoms with van der Waals surface area (Å²) in [4.78, 5) is 59.3. The van der Waals surface area contributed by atoms with Crippen LogP contribution in [0.5, 0.6) is 5.75 Å². The highest BCUT2D eigenvalue weighted by Crippen LogP contribution is 2.45. The van der Waals surface area contributed by atoms with Crippen LogP contribution in [0.15, 0.2) is 79.5 Å². The SMILES string of the molecule is C=C[C@H]1CC1(NC(=O)[C@@H]1C[C@@H](Oc2ccnc3ccccc23)CN1C(=O)[C@@H](NC(=O)OC(C)(C)C)C(C)OCc1ccccc1)C(=O)O. The first-order chi connectivity index (χ1) is 22.8. The molecule has 0 bridgehead atoms. The van der Waals surface area contributed by atoms with E-state index in [-0.39, 0.29) is 26.0 Å². The first-order valence-electron chi connectivity index (χ1n) is 15.9. The van der Waals surface area contributed by atoms with Crippen molar-refractivity contribution in [2.45, 2.75) is 82.6 Å². The normalized spacial score (nSPS) is 23.1. The number of hydrogen-bond acceptors (Lipinski definition) is 8. The third-order valence-electron chi connectivity index (χ3n) is 8.54. The lowest BCUT2D eigenvalue weighted by atomic mass is 10.1. The van der Waals surface area contributed by atoms with Gasteiger partial charge in [0.05, 0.1) is 24.8 Å². The Morgan fingerprint density at radius 2 is 1.81 bits per heavy atom. The second-order valence-electron chi connectivity index (χ2n) is 13.2. The number of ether oxygens (including phenoxy) is 3. The Hall–Kier alpha value is -4.97. The maximum absolute atomic E-state index is 14.5. The van der Waals surface area contributed by atoms with Crippen molar-refractivity contribution in [3.63, 3.8) is 0 Å². The van der Waals surface area contributed by atoms with Gasteiger partial charge in [-0.1, -0.05) is 48.5 Å². The van der Waals surface area contributed by atoms with Crippen molar-refractivity contribution in [3.8, 4) is 5.75 Å². The molecular weight excluding hydrogens is 616 g/mol. The molecule has 12 nitrogen and oxygen atoms in total. The van der Waals surface area contributed by atoms with Crippen LogP contribution >= 0.6 is 0 Å². The highest BCUT2D eigenvalue weighted by atomic mass is 16.6. The van der Waals surface area contributed by atoms with Crippen molar-refractivity contribution in [1.29, 1.82) is 0 Å². The summed E-state index contributed by atoms with van der Waals surface area (Å²) in [5.41, 5.74) is -0.766. The minimum absolute atomic E-state index is 0.0174. The van der Waals surface area contributed by atoms with E-state index in [4.69, 9.17) is 14.2 Å². The van der Waals surface area contributed by atoms with Gasteiger partial charge in [0.15, 0.2) is 0 Å². The molecule has 2 heterocycles. The lowest BCUT2D eigenvalue weighted by molar-refractivity contribution is -0.146. The molecule has 5 rings (SSSR count). The number of amides is 3. The molecule has 1 aliphatic carbocycles. The Labute approximate surface area is 279 Å². The summed E-state index contributed by atoms with van der Waals surface area (Å²) < 4.78 is 17.9. The van der Waals surface area contributed by atoms with Crippen molar-refractivity contribution in [3.05, 3.63) is 85.1 Å². The number of carboxylic acids is 1. The van der Waals surface area contributed by atoms with E-state index in [0.29, 0.717) is 11.3 Å². The van der Waals surface area contributed by atoms with Crippen LogP contribution < -0.4 is 15.4 Å². The number of pyridine rings is 1. The molecule has 12 heteroatoms.